The van der Waals surface area contributed by atoms with Crippen molar-refractivity contribution in [3.8, 4) is 0 Å². The van der Waals surface area contributed by atoms with Gasteiger partial charge in [-0.15, -0.1) is 0 Å². The molecule has 3 aliphatic rings. The van der Waals surface area contributed by atoms with Gasteiger partial charge in [0.15, 0.2) is 5.82 Å². The molecule has 2 N–H and O–H groups in total. The lowest BCUT2D eigenvalue weighted by molar-refractivity contribution is -0.158. The Morgan fingerprint density at radius 1 is 1.14 bits per heavy atom. The fourth-order valence-electron chi connectivity index (χ4n) is 6.00. The van der Waals surface area contributed by atoms with Crippen molar-refractivity contribution in [3.05, 3.63) is 45.0 Å². The van der Waals surface area contributed by atoms with E-state index in [9.17, 15) is 9.90 Å². The molecule has 5 rings (SSSR count). The number of likely N-dealkylation sites (tertiary alicyclic amines) is 1. The number of nitrogens with one attached hydrogen (secondary N) is 1. The molecule has 7 nitrogen and oxygen atoms in total. The van der Waals surface area contributed by atoms with Gasteiger partial charge in [0.25, 0.3) is 0 Å². The first-order valence-corrected chi connectivity index (χ1v) is 13.8. The summed E-state index contributed by atoms with van der Waals surface area (Å²) >= 11 is 18.7. The number of rotatable bonds is 7. The summed E-state index contributed by atoms with van der Waals surface area (Å²) in [6, 6.07) is 5.83. The molecule has 0 radical (unpaired) electrons. The highest BCUT2D eigenvalue weighted by Gasteiger charge is 2.49. The molecule has 0 bridgehead atoms. The number of aliphatic carboxylic acids is 1. The summed E-state index contributed by atoms with van der Waals surface area (Å²) in [4.78, 5) is 25.5. The Labute approximate surface area is 227 Å². The number of hydrogen-bond donors (Lipinski definition) is 2. The Kier molecular flexibility index (Phi) is 7.55. The van der Waals surface area contributed by atoms with E-state index in [0.717, 1.165) is 51.0 Å². The zero-order chi connectivity index (χ0) is 25.4. The molecule has 2 unspecified atom stereocenters. The van der Waals surface area contributed by atoms with Crippen LogP contribution in [0.1, 0.15) is 44.6 Å². The molecular weight excluding hydrogens is 521 g/mol. The fraction of sp³-hybridized carbons (Fsp3) is 0.577. The van der Waals surface area contributed by atoms with E-state index in [1.54, 1.807) is 12.3 Å². The normalized spacial score (nSPS) is 28.7. The van der Waals surface area contributed by atoms with E-state index < -0.39 is 11.4 Å². The van der Waals surface area contributed by atoms with Gasteiger partial charge in [0.2, 0.25) is 5.95 Å². The standard InChI is InChI=1S/C26H32Cl3N5O2/c1-26(24(35)36)10-20(11-26)33-7-2-3-17(14-33)18-6-8-34(15-18)25-31-13-22(29)23(32-25)30-12-16-4-5-19(27)9-21(16)28/h4-5,9,13,17-18,20H,2-3,6-8,10-12,14-15H2,1H3,(H,35,36)(H,30,31,32). The van der Waals surface area contributed by atoms with Crippen molar-refractivity contribution in [3.63, 3.8) is 0 Å². The monoisotopic (exact) mass is 551 g/mol. The van der Waals surface area contributed by atoms with Crippen molar-refractivity contribution in [2.24, 2.45) is 17.3 Å². The molecule has 10 heteroatoms. The molecule has 2 saturated heterocycles. The van der Waals surface area contributed by atoms with Gasteiger partial charge < -0.3 is 20.2 Å². The number of benzene rings is 1. The topological polar surface area (TPSA) is 81.6 Å². The number of anilines is 2. The molecule has 194 valence electrons. The highest BCUT2D eigenvalue weighted by atomic mass is 35.5. The number of carboxylic acid groups (broad SMARTS) is 1. The zero-order valence-corrected chi connectivity index (χ0v) is 22.7. The van der Waals surface area contributed by atoms with Crippen LogP contribution in [0.4, 0.5) is 11.8 Å². The Balaban J connectivity index is 1.18. The Morgan fingerprint density at radius 2 is 1.92 bits per heavy atom. The van der Waals surface area contributed by atoms with Gasteiger partial charge in [0.1, 0.15) is 5.02 Å². The van der Waals surface area contributed by atoms with Crippen molar-refractivity contribution in [1.29, 1.82) is 0 Å². The highest BCUT2D eigenvalue weighted by molar-refractivity contribution is 6.35. The maximum atomic E-state index is 11.5. The Morgan fingerprint density at radius 3 is 2.67 bits per heavy atom. The summed E-state index contributed by atoms with van der Waals surface area (Å²) in [5, 5.41) is 14.4. The van der Waals surface area contributed by atoms with E-state index in [2.05, 4.69) is 20.1 Å². The Hall–Kier alpha value is -1.80. The van der Waals surface area contributed by atoms with Crippen LogP contribution in [0, 0.1) is 17.3 Å². The van der Waals surface area contributed by atoms with Crippen LogP contribution in [0.25, 0.3) is 0 Å². The summed E-state index contributed by atoms with van der Waals surface area (Å²) in [7, 11) is 0. The van der Waals surface area contributed by atoms with Gasteiger partial charge in [0.05, 0.1) is 11.6 Å². The molecule has 1 aromatic carbocycles. The van der Waals surface area contributed by atoms with Crippen LogP contribution in [0.2, 0.25) is 15.1 Å². The quantitative estimate of drug-likeness (QED) is 0.446. The predicted octanol–water partition coefficient (Wildman–Crippen LogP) is 5.84. The van der Waals surface area contributed by atoms with Crippen LogP contribution in [0.5, 0.6) is 0 Å². The first-order valence-electron chi connectivity index (χ1n) is 12.6. The smallest absolute Gasteiger partial charge is 0.309 e. The lowest BCUT2D eigenvalue weighted by Crippen LogP contribution is -2.55. The van der Waals surface area contributed by atoms with Gasteiger partial charge >= 0.3 is 5.97 Å². The largest absolute Gasteiger partial charge is 0.481 e. The van der Waals surface area contributed by atoms with Gasteiger partial charge in [0, 0.05) is 42.3 Å². The molecule has 1 aromatic heterocycles. The minimum absolute atomic E-state index is 0.411. The second kappa shape index (κ2) is 10.5. The van der Waals surface area contributed by atoms with Gasteiger partial charge in [-0.25, -0.2) is 4.98 Å². The molecule has 0 amide bonds. The van der Waals surface area contributed by atoms with E-state index >= 15 is 0 Å². The second-order valence-corrected chi connectivity index (χ2v) is 12.0. The van der Waals surface area contributed by atoms with Crippen LogP contribution in [-0.4, -0.2) is 58.2 Å². The molecule has 0 spiro atoms. The average Bonchev–Trinajstić information content (AvgIpc) is 3.33. The molecule has 3 heterocycles. The number of aromatic nitrogens is 2. The number of hydrogen-bond acceptors (Lipinski definition) is 6. The third-order valence-electron chi connectivity index (χ3n) is 8.26. The highest BCUT2D eigenvalue weighted by Crippen LogP contribution is 2.45. The van der Waals surface area contributed by atoms with E-state index in [-0.39, 0.29) is 0 Å². The zero-order valence-electron chi connectivity index (χ0n) is 20.4. The molecule has 2 atom stereocenters. The summed E-state index contributed by atoms with van der Waals surface area (Å²) in [6.45, 7) is 6.36. The van der Waals surface area contributed by atoms with E-state index in [4.69, 9.17) is 39.8 Å². The van der Waals surface area contributed by atoms with Gasteiger partial charge in [-0.1, -0.05) is 40.9 Å². The van der Waals surface area contributed by atoms with E-state index in [1.165, 1.54) is 12.8 Å². The minimum atomic E-state index is -0.660. The van der Waals surface area contributed by atoms with E-state index in [0.29, 0.717) is 51.3 Å². The molecular formula is C26H32Cl3N5O2. The number of carbonyl (C=O) groups is 1. The molecule has 3 fully saturated rings. The van der Waals surface area contributed by atoms with Crippen molar-refractivity contribution in [2.75, 3.05) is 36.4 Å². The third kappa shape index (κ3) is 5.40. The van der Waals surface area contributed by atoms with Crippen molar-refractivity contribution < 1.29 is 9.90 Å². The fourth-order valence-corrected chi connectivity index (χ4v) is 6.63. The van der Waals surface area contributed by atoms with Crippen LogP contribution in [-0.2, 0) is 11.3 Å². The van der Waals surface area contributed by atoms with Crippen LogP contribution in [0.15, 0.2) is 24.4 Å². The van der Waals surface area contributed by atoms with Crippen molar-refractivity contribution >= 4 is 52.5 Å². The van der Waals surface area contributed by atoms with Crippen molar-refractivity contribution in [1.82, 2.24) is 14.9 Å². The van der Waals surface area contributed by atoms with Crippen LogP contribution >= 0.6 is 34.8 Å². The summed E-state index contributed by atoms with van der Waals surface area (Å²) in [5.74, 6) is 1.83. The van der Waals surface area contributed by atoms with Crippen LogP contribution in [0.3, 0.4) is 0 Å². The maximum Gasteiger partial charge on any atom is 0.309 e. The SMILES string of the molecule is CC1(C(=O)O)CC(N2CCCC(C3CCN(c4ncc(Cl)c(NCc5ccc(Cl)cc5Cl)n4)C3)C2)C1. The summed E-state index contributed by atoms with van der Waals surface area (Å²) < 4.78 is 0. The average molecular weight is 553 g/mol. The predicted molar refractivity (Wildman–Crippen MR) is 144 cm³/mol. The number of nitrogens with zero attached hydrogens (tertiary/aromatic N) is 4. The molecule has 1 aliphatic carbocycles. The van der Waals surface area contributed by atoms with Gasteiger partial charge in [-0.3, -0.25) is 4.79 Å². The van der Waals surface area contributed by atoms with Crippen molar-refractivity contribution in [2.45, 2.75) is 51.6 Å². The molecule has 36 heavy (non-hydrogen) atoms. The van der Waals surface area contributed by atoms with Crippen LogP contribution < -0.4 is 10.2 Å². The minimum Gasteiger partial charge on any atom is -0.481 e. The number of carboxylic acids is 1. The third-order valence-corrected chi connectivity index (χ3v) is 9.12. The lowest BCUT2D eigenvalue weighted by atomic mass is 9.65. The van der Waals surface area contributed by atoms with Gasteiger partial charge in [-0.05, 0) is 75.1 Å². The van der Waals surface area contributed by atoms with E-state index in [1.807, 2.05) is 19.1 Å². The first-order chi connectivity index (χ1) is 17.2. The van der Waals surface area contributed by atoms with Gasteiger partial charge in [-0.2, -0.15) is 4.98 Å². The second-order valence-electron chi connectivity index (χ2n) is 10.8. The summed E-state index contributed by atoms with van der Waals surface area (Å²) in [6.07, 6.45) is 6.71. The number of halogens is 3. The first kappa shape index (κ1) is 25.8. The maximum absolute atomic E-state index is 11.5. The summed E-state index contributed by atoms with van der Waals surface area (Å²) in [5.41, 5.74) is 0.369. The molecule has 2 aromatic rings. The Bertz CT molecular complexity index is 1130. The molecule has 2 aliphatic heterocycles. The molecule has 1 saturated carbocycles. The lowest BCUT2D eigenvalue weighted by Gasteiger charge is -2.50. The number of piperidine rings is 1.